The first-order chi connectivity index (χ1) is 13.4. The highest BCUT2D eigenvalue weighted by atomic mass is 16.5. The van der Waals surface area contributed by atoms with Crippen molar-refractivity contribution in [2.75, 3.05) is 6.61 Å². The predicted octanol–water partition coefficient (Wildman–Crippen LogP) is 5.59. The van der Waals surface area contributed by atoms with Crippen LogP contribution in [0.2, 0.25) is 0 Å². The van der Waals surface area contributed by atoms with Crippen LogP contribution in [0.4, 0.5) is 0 Å². The molecule has 4 aromatic rings. The van der Waals surface area contributed by atoms with Gasteiger partial charge in [-0.1, -0.05) is 42.0 Å². The van der Waals surface area contributed by atoms with Crippen molar-refractivity contribution in [2.45, 2.75) is 27.7 Å². The molecule has 3 aromatic carbocycles. The highest BCUT2D eigenvalue weighted by Gasteiger charge is 2.25. The smallest absolute Gasteiger partial charge is 0.340 e. The second-order valence-electron chi connectivity index (χ2n) is 7.14. The number of ether oxygens (including phenoxy) is 1. The maximum Gasteiger partial charge on any atom is 0.340 e. The van der Waals surface area contributed by atoms with E-state index >= 15 is 0 Å². The van der Waals surface area contributed by atoms with Crippen molar-refractivity contribution in [3.05, 3.63) is 70.9 Å². The Labute approximate surface area is 164 Å². The van der Waals surface area contributed by atoms with Gasteiger partial charge in [0, 0.05) is 27.5 Å². The van der Waals surface area contributed by atoms with Crippen LogP contribution in [0.1, 0.15) is 34.1 Å². The molecule has 142 valence electrons. The number of hydrogen-bond donors (Lipinski definition) is 1. The van der Waals surface area contributed by atoms with Gasteiger partial charge in [-0.3, -0.25) is 0 Å². The average Bonchev–Trinajstić information content (AvgIpc) is 2.94. The zero-order valence-corrected chi connectivity index (χ0v) is 16.5. The van der Waals surface area contributed by atoms with Crippen LogP contribution in [0.25, 0.3) is 27.4 Å². The minimum absolute atomic E-state index is 0.159. The Morgan fingerprint density at radius 1 is 1.00 bits per heavy atom. The van der Waals surface area contributed by atoms with Gasteiger partial charge in [0.15, 0.2) is 0 Å². The molecule has 28 heavy (non-hydrogen) atoms. The van der Waals surface area contributed by atoms with Gasteiger partial charge in [-0.15, -0.1) is 0 Å². The second kappa shape index (κ2) is 6.71. The van der Waals surface area contributed by atoms with Crippen LogP contribution >= 0.6 is 0 Å². The van der Waals surface area contributed by atoms with E-state index in [-0.39, 0.29) is 11.7 Å². The summed E-state index contributed by atoms with van der Waals surface area (Å²) in [6.07, 6.45) is 0. The van der Waals surface area contributed by atoms with E-state index in [0.29, 0.717) is 17.6 Å². The molecule has 0 saturated heterocycles. The third-order valence-electron chi connectivity index (χ3n) is 5.26. The van der Waals surface area contributed by atoms with E-state index in [1.54, 1.807) is 13.0 Å². The van der Waals surface area contributed by atoms with Crippen molar-refractivity contribution in [1.82, 2.24) is 4.57 Å². The van der Waals surface area contributed by atoms with Gasteiger partial charge >= 0.3 is 5.97 Å². The molecule has 1 heterocycles. The number of phenols is 1. The van der Waals surface area contributed by atoms with E-state index in [2.05, 4.69) is 36.6 Å². The lowest BCUT2D eigenvalue weighted by Gasteiger charge is -2.14. The number of esters is 1. The molecule has 0 amide bonds. The van der Waals surface area contributed by atoms with Crippen LogP contribution in [-0.2, 0) is 4.74 Å². The van der Waals surface area contributed by atoms with Gasteiger partial charge in [-0.25, -0.2) is 4.79 Å². The van der Waals surface area contributed by atoms with Gasteiger partial charge in [0.2, 0.25) is 0 Å². The highest BCUT2D eigenvalue weighted by Crippen LogP contribution is 2.39. The molecule has 0 aliphatic rings. The third-order valence-corrected chi connectivity index (χ3v) is 5.26. The number of carbonyl (C=O) groups is 1. The fourth-order valence-corrected chi connectivity index (χ4v) is 4.07. The van der Waals surface area contributed by atoms with E-state index in [9.17, 15) is 9.90 Å². The number of rotatable bonds is 3. The number of aromatic nitrogens is 1. The van der Waals surface area contributed by atoms with Crippen molar-refractivity contribution < 1.29 is 14.6 Å². The molecule has 1 aromatic heterocycles. The van der Waals surface area contributed by atoms with Gasteiger partial charge in [-0.05, 0) is 45.4 Å². The number of nitrogens with zero attached hydrogens (tertiary/aromatic N) is 1. The minimum Gasteiger partial charge on any atom is -0.507 e. The summed E-state index contributed by atoms with van der Waals surface area (Å²) < 4.78 is 7.44. The molecule has 4 rings (SSSR count). The molecule has 0 bridgehead atoms. The number of phenolic OH excluding ortho intramolecular Hbond substituents is 1. The first kappa shape index (κ1) is 18.1. The average molecular weight is 373 g/mol. The zero-order chi connectivity index (χ0) is 20.0. The normalized spacial score (nSPS) is 11.3. The van der Waals surface area contributed by atoms with Crippen molar-refractivity contribution in [3.63, 3.8) is 0 Å². The summed E-state index contributed by atoms with van der Waals surface area (Å²) in [5.74, 6) is -0.213. The van der Waals surface area contributed by atoms with Gasteiger partial charge in [-0.2, -0.15) is 0 Å². The van der Waals surface area contributed by atoms with Crippen LogP contribution in [0.3, 0.4) is 0 Å². The molecule has 0 radical (unpaired) electrons. The standard InChI is InChI=1S/C24H23NO3/c1-5-28-24(27)22-16(4)25(20-11-10-14(2)12-15(20)3)23-18-9-7-6-8-17(18)21(26)13-19(22)23/h6-13,26H,5H2,1-4H3. The van der Waals surface area contributed by atoms with Gasteiger partial charge in [0.05, 0.1) is 17.7 Å². The van der Waals surface area contributed by atoms with Crippen molar-refractivity contribution >= 4 is 27.6 Å². The van der Waals surface area contributed by atoms with E-state index in [1.807, 2.05) is 31.2 Å². The molecule has 4 nitrogen and oxygen atoms in total. The summed E-state index contributed by atoms with van der Waals surface area (Å²) in [7, 11) is 0. The monoisotopic (exact) mass is 373 g/mol. The van der Waals surface area contributed by atoms with Gasteiger partial charge in [0.25, 0.3) is 0 Å². The summed E-state index contributed by atoms with van der Waals surface area (Å²) in [5.41, 5.74) is 5.52. The van der Waals surface area contributed by atoms with Crippen LogP contribution in [0.5, 0.6) is 5.75 Å². The van der Waals surface area contributed by atoms with Crippen molar-refractivity contribution in [2.24, 2.45) is 0 Å². The molecular weight excluding hydrogens is 350 g/mol. The Hall–Kier alpha value is -3.27. The molecule has 4 heteroatoms. The van der Waals surface area contributed by atoms with Crippen molar-refractivity contribution in [3.8, 4) is 11.4 Å². The number of benzene rings is 3. The largest absolute Gasteiger partial charge is 0.507 e. The van der Waals surface area contributed by atoms with Crippen LogP contribution in [0, 0.1) is 20.8 Å². The first-order valence-corrected chi connectivity index (χ1v) is 9.44. The molecule has 0 atom stereocenters. The minimum atomic E-state index is -0.372. The number of aryl methyl sites for hydroxylation is 2. The summed E-state index contributed by atoms with van der Waals surface area (Å²) >= 11 is 0. The number of aromatic hydroxyl groups is 1. The summed E-state index contributed by atoms with van der Waals surface area (Å²) in [6.45, 7) is 8.16. The number of hydrogen-bond acceptors (Lipinski definition) is 3. The van der Waals surface area contributed by atoms with Gasteiger partial charge in [0.1, 0.15) is 5.75 Å². The Bertz CT molecular complexity index is 1230. The molecule has 0 spiro atoms. The summed E-state index contributed by atoms with van der Waals surface area (Å²) in [6, 6.07) is 15.7. The molecule has 0 fully saturated rings. The Morgan fingerprint density at radius 3 is 2.39 bits per heavy atom. The SMILES string of the molecule is CCOC(=O)c1c(C)n(-c2ccc(C)cc2C)c2c1cc(O)c1ccccc12. The topological polar surface area (TPSA) is 51.5 Å². The lowest BCUT2D eigenvalue weighted by atomic mass is 10.0. The maximum atomic E-state index is 12.8. The Balaban J connectivity index is 2.21. The van der Waals surface area contributed by atoms with E-state index in [0.717, 1.165) is 33.2 Å². The van der Waals surface area contributed by atoms with E-state index in [1.165, 1.54) is 5.56 Å². The molecule has 0 unspecified atom stereocenters. The first-order valence-electron chi connectivity index (χ1n) is 9.44. The second-order valence-corrected chi connectivity index (χ2v) is 7.14. The van der Waals surface area contributed by atoms with Crippen LogP contribution in [0.15, 0.2) is 48.5 Å². The number of fused-ring (bicyclic) bond motifs is 3. The molecule has 0 aliphatic carbocycles. The number of carbonyl (C=O) groups excluding carboxylic acids is 1. The Morgan fingerprint density at radius 2 is 1.71 bits per heavy atom. The van der Waals surface area contributed by atoms with E-state index < -0.39 is 0 Å². The molecule has 0 saturated carbocycles. The molecular formula is C24H23NO3. The van der Waals surface area contributed by atoms with Crippen molar-refractivity contribution in [1.29, 1.82) is 0 Å². The highest BCUT2D eigenvalue weighted by molar-refractivity contribution is 6.16. The zero-order valence-electron chi connectivity index (χ0n) is 16.5. The summed E-state index contributed by atoms with van der Waals surface area (Å²) in [5, 5.41) is 13.0. The van der Waals surface area contributed by atoms with E-state index in [4.69, 9.17) is 4.74 Å². The maximum absolute atomic E-state index is 12.8. The quantitative estimate of drug-likeness (QED) is 0.476. The van der Waals surface area contributed by atoms with Gasteiger partial charge < -0.3 is 14.4 Å². The Kier molecular flexibility index (Phi) is 4.34. The fraction of sp³-hybridized carbons (Fsp3) is 0.208. The third kappa shape index (κ3) is 2.64. The summed E-state index contributed by atoms with van der Waals surface area (Å²) in [4.78, 5) is 12.8. The molecule has 0 aliphatic heterocycles. The fourth-order valence-electron chi connectivity index (χ4n) is 4.07. The molecule has 1 N–H and O–H groups in total. The predicted molar refractivity (Wildman–Crippen MR) is 113 cm³/mol. The lowest BCUT2D eigenvalue weighted by molar-refractivity contribution is 0.0527. The van der Waals surface area contributed by atoms with Crippen LogP contribution < -0.4 is 0 Å². The van der Waals surface area contributed by atoms with Crippen LogP contribution in [-0.4, -0.2) is 22.2 Å². The lowest BCUT2D eigenvalue weighted by Crippen LogP contribution is -2.07.